The number of hydrogen-bond acceptors (Lipinski definition) is 9. The second-order valence-electron chi connectivity index (χ2n) is 8.82. The van der Waals surface area contributed by atoms with E-state index in [2.05, 4.69) is 25.3 Å². The normalized spacial score (nSPS) is 17.3. The maximum Gasteiger partial charge on any atom is 0.283 e. The number of amidine groups is 1. The van der Waals surface area contributed by atoms with Crippen LogP contribution in [0, 0.1) is 11.8 Å². The van der Waals surface area contributed by atoms with Crippen molar-refractivity contribution < 1.29 is 27.8 Å². The first kappa shape index (κ1) is 24.2. The molecule has 12 heteroatoms. The molecule has 3 N–H and O–H groups in total. The highest BCUT2D eigenvalue weighted by Crippen LogP contribution is 2.53. The second-order valence-corrected chi connectivity index (χ2v) is 8.82. The van der Waals surface area contributed by atoms with Gasteiger partial charge in [-0.05, 0) is 42.5 Å². The van der Waals surface area contributed by atoms with Crippen molar-refractivity contribution in [3.8, 4) is 28.5 Å². The van der Waals surface area contributed by atoms with Gasteiger partial charge in [-0.25, -0.2) is 19.4 Å². The number of nitrogens with zero attached hydrogens (tertiary/aromatic N) is 4. The number of pyridine rings is 3. The van der Waals surface area contributed by atoms with E-state index in [0.717, 1.165) is 6.20 Å². The van der Waals surface area contributed by atoms with Crippen LogP contribution in [0.2, 0.25) is 0 Å². The van der Waals surface area contributed by atoms with Crippen LogP contribution in [0.1, 0.15) is 28.0 Å². The molecule has 5 heterocycles. The number of hydrogen-bond donors (Lipinski definition) is 2. The number of amides is 1. The van der Waals surface area contributed by atoms with E-state index in [1.807, 2.05) is 0 Å². The number of carbonyl (C=O) groups is 1. The van der Waals surface area contributed by atoms with Gasteiger partial charge in [-0.15, -0.1) is 0 Å². The summed E-state index contributed by atoms with van der Waals surface area (Å²) in [6.45, 7) is 0.276. The van der Waals surface area contributed by atoms with Crippen LogP contribution in [-0.4, -0.2) is 40.5 Å². The summed E-state index contributed by atoms with van der Waals surface area (Å²) >= 11 is 0. The van der Waals surface area contributed by atoms with Crippen LogP contribution in [0.15, 0.2) is 66.0 Å². The molecule has 2 aliphatic heterocycles. The predicted molar refractivity (Wildman–Crippen MR) is 136 cm³/mol. The SMILES string of the molecule is COc1ccc(C(=O)Nc2ccc3c(c2)[C@@]2(CCN=C(N)O2)c2cc(-c4cncc(F)c4)nc(F)c2O3)nc1. The minimum Gasteiger partial charge on any atom is -0.495 e. The molecular weight excluding hydrogens is 510 g/mol. The van der Waals surface area contributed by atoms with Gasteiger partial charge in [-0.2, -0.15) is 4.39 Å². The van der Waals surface area contributed by atoms with Crippen molar-refractivity contribution in [3.05, 3.63) is 89.6 Å². The summed E-state index contributed by atoms with van der Waals surface area (Å²) in [6.07, 6.45) is 4.13. The third kappa shape index (κ3) is 4.25. The van der Waals surface area contributed by atoms with Crippen molar-refractivity contribution >= 4 is 17.6 Å². The fourth-order valence-electron chi connectivity index (χ4n) is 4.66. The van der Waals surface area contributed by atoms with Crippen molar-refractivity contribution in [3.63, 3.8) is 0 Å². The van der Waals surface area contributed by atoms with Crippen molar-refractivity contribution in [1.29, 1.82) is 0 Å². The lowest BCUT2D eigenvalue weighted by Crippen LogP contribution is -2.42. The Labute approximate surface area is 220 Å². The number of nitrogens with two attached hydrogens (primary N) is 1. The summed E-state index contributed by atoms with van der Waals surface area (Å²) < 4.78 is 46.4. The molecule has 3 aromatic heterocycles. The number of halogens is 2. The second kappa shape index (κ2) is 9.31. The molecule has 1 spiro atoms. The van der Waals surface area contributed by atoms with Crippen LogP contribution in [0.5, 0.6) is 17.2 Å². The summed E-state index contributed by atoms with van der Waals surface area (Å²) in [7, 11) is 1.50. The number of carbonyl (C=O) groups excluding carboxylic acids is 1. The first-order chi connectivity index (χ1) is 18.9. The minimum absolute atomic E-state index is 0.0943. The number of ether oxygens (including phenoxy) is 3. The minimum atomic E-state index is -1.33. The van der Waals surface area contributed by atoms with Crippen LogP contribution in [0.25, 0.3) is 11.3 Å². The van der Waals surface area contributed by atoms with Gasteiger partial charge in [-0.3, -0.25) is 9.78 Å². The summed E-state index contributed by atoms with van der Waals surface area (Å²) in [5, 5.41) is 2.81. The quantitative estimate of drug-likeness (QED) is 0.376. The Kier molecular flexibility index (Phi) is 5.78. The predicted octanol–water partition coefficient (Wildman–Crippen LogP) is 4.16. The van der Waals surface area contributed by atoms with Gasteiger partial charge in [0.05, 0.1) is 25.2 Å². The van der Waals surface area contributed by atoms with Gasteiger partial charge in [-0.1, -0.05) is 0 Å². The van der Waals surface area contributed by atoms with Crippen molar-refractivity contribution in [2.24, 2.45) is 10.7 Å². The molecule has 0 radical (unpaired) electrons. The summed E-state index contributed by atoms with van der Waals surface area (Å²) in [4.78, 5) is 28.9. The number of fused-ring (bicyclic) bond motifs is 4. The van der Waals surface area contributed by atoms with E-state index in [0.29, 0.717) is 28.3 Å². The first-order valence-electron chi connectivity index (χ1n) is 11.8. The fraction of sp³-hybridized carbons (Fsp3) is 0.148. The van der Waals surface area contributed by atoms with Crippen LogP contribution in [-0.2, 0) is 10.3 Å². The molecule has 2 aliphatic rings. The number of aromatic nitrogens is 3. The zero-order valence-corrected chi connectivity index (χ0v) is 20.4. The van der Waals surface area contributed by atoms with Gasteiger partial charge >= 0.3 is 0 Å². The van der Waals surface area contributed by atoms with E-state index in [9.17, 15) is 9.18 Å². The third-order valence-corrected chi connectivity index (χ3v) is 6.47. The van der Waals surface area contributed by atoms with E-state index in [4.69, 9.17) is 19.9 Å². The topological polar surface area (TPSA) is 134 Å². The van der Waals surface area contributed by atoms with E-state index in [1.165, 1.54) is 31.6 Å². The van der Waals surface area contributed by atoms with E-state index in [-0.39, 0.29) is 41.7 Å². The zero-order valence-electron chi connectivity index (χ0n) is 20.4. The third-order valence-electron chi connectivity index (χ3n) is 6.47. The standard InChI is InChI=1S/C27H20F2N6O4/c1-37-17-3-4-20(33-13-17)25(36)34-16-2-5-22-18(9-16)27(6-7-32-26(30)39-27)19-10-21(35-24(29)23(19)38-22)14-8-15(28)12-31-11-14/h2-5,8-13H,6-7H2,1H3,(H2,30,32)(H,34,36)/t27-/m0/s1. The van der Waals surface area contributed by atoms with E-state index < -0.39 is 23.3 Å². The van der Waals surface area contributed by atoms with Gasteiger partial charge in [0, 0.05) is 41.5 Å². The molecule has 1 amide bonds. The zero-order chi connectivity index (χ0) is 27.1. The van der Waals surface area contributed by atoms with Crippen LogP contribution in [0.3, 0.4) is 0 Å². The lowest BCUT2D eigenvalue weighted by Gasteiger charge is -2.41. The summed E-state index contributed by atoms with van der Waals surface area (Å²) in [5.41, 5.74) is 6.45. The largest absolute Gasteiger partial charge is 0.495 e. The van der Waals surface area contributed by atoms with Crippen molar-refractivity contribution in [2.75, 3.05) is 19.0 Å². The van der Waals surface area contributed by atoms with E-state index >= 15 is 4.39 Å². The van der Waals surface area contributed by atoms with Gasteiger partial charge in [0.2, 0.25) is 0 Å². The molecule has 196 valence electrons. The summed E-state index contributed by atoms with van der Waals surface area (Å²) in [5.74, 6) is -1.30. The molecular formula is C27H20F2N6O4. The van der Waals surface area contributed by atoms with Crippen molar-refractivity contribution in [2.45, 2.75) is 12.0 Å². The Hall–Kier alpha value is -5.13. The van der Waals surface area contributed by atoms with Crippen LogP contribution in [0.4, 0.5) is 14.5 Å². The van der Waals surface area contributed by atoms with Crippen molar-refractivity contribution in [1.82, 2.24) is 15.0 Å². The Morgan fingerprint density at radius 2 is 1.97 bits per heavy atom. The lowest BCUT2D eigenvalue weighted by atomic mass is 9.79. The molecule has 0 saturated heterocycles. The molecule has 0 saturated carbocycles. The average molecular weight is 530 g/mol. The molecule has 39 heavy (non-hydrogen) atoms. The highest BCUT2D eigenvalue weighted by Gasteiger charge is 2.48. The van der Waals surface area contributed by atoms with Crippen LogP contribution >= 0.6 is 0 Å². The van der Waals surface area contributed by atoms with Gasteiger partial charge in [0.25, 0.3) is 17.9 Å². The Morgan fingerprint density at radius 3 is 2.72 bits per heavy atom. The number of nitrogens with one attached hydrogen (secondary N) is 1. The highest BCUT2D eigenvalue weighted by atomic mass is 19.1. The molecule has 0 fully saturated rings. The highest BCUT2D eigenvalue weighted by molar-refractivity contribution is 6.03. The number of methoxy groups -OCH3 is 1. The monoisotopic (exact) mass is 530 g/mol. The molecule has 0 unspecified atom stereocenters. The molecule has 1 atom stereocenters. The number of rotatable bonds is 4. The van der Waals surface area contributed by atoms with Gasteiger partial charge in [0.15, 0.2) is 11.4 Å². The maximum absolute atomic E-state index is 15.4. The molecule has 10 nitrogen and oxygen atoms in total. The van der Waals surface area contributed by atoms with Gasteiger partial charge in [0.1, 0.15) is 23.0 Å². The molecule has 0 aliphatic carbocycles. The van der Waals surface area contributed by atoms with Gasteiger partial charge < -0.3 is 25.3 Å². The molecule has 4 aromatic rings. The Bertz CT molecular complexity index is 1650. The molecule has 1 aromatic carbocycles. The number of aliphatic imine (C=N–C) groups is 1. The Morgan fingerprint density at radius 1 is 1.10 bits per heavy atom. The summed E-state index contributed by atoms with van der Waals surface area (Å²) in [6, 6.07) is 10.7. The maximum atomic E-state index is 15.4. The number of benzene rings is 1. The molecule has 6 rings (SSSR count). The smallest absolute Gasteiger partial charge is 0.283 e. The lowest BCUT2D eigenvalue weighted by molar-refractivity contribution is 0.0624. The average Bonchev–Trinajstić information content (AvgIpc) is 2.94. The Balaban J connectivity index is 1.44. The van der Waals surface area contributed by atoms with E-state index in [1.54, 1.807) is 30.3 Å². The number of anilines is 1. The molecule has 0 bridgehead atoms. The fourth-order valence-corrected chi connectivity index (χ4v) is 4.66. The first-order valence-corrected chi connectivity index (χ1v) is 11.8. The van der Waals surface area contributed by atoms with Crippen LogP contribution < -0.4 is 20.5 Å².